The summed E-state index contributed by atoms with van der Waals surface area (Å²) in [5.74, 6) is -0.698. The summed E-state index contributed by atoms with van der Waals surface area (Å²) in [6.45, 7) is 5.62. The van der Waals surface area contributed by atoms with Crippen LogP contribution in [0, 0.1) is 11.3 Å². The van der Waals surface area contributed by atoms with Gasteiger partial charge in [-0.05, 0) is 11.8 Å². The largest absolute Gasteiger partial charge is 0.481 e. The molecular weight excluding hydrogens is 164 g/mol. The van der Waals surface area contributed by atoms with Crippen LogP contribution < -0.4 is 0 Å². The van der Waals surface area contributed by atoms with Gasteiger partial charge in [-0.3, -0.25) is 4.79 Å². The highest BCUT2D eigenvalue weighted by Crippen LogP contribution is 2.30. The molecule has 3 heteroatoms. The fourth-order valence-electron chi connectivity index (χ4n) is 1.15. The van der Waals surface area contributed by atoms with Gasteiger partial charge < -0.3 is 5.11 Å². The Morgan fingerprint density at radius 2 is 2.09 bits per heavy atom. The smallest absolute Gasteiger partial charge is 0.307 e. The van der Waals surface area contributed by atoms with E-state index in [1.54, 1.807) is 0 Å². The second-order valence-electron chi connectivity index (χ2n) is 3.42. The van der Waals surface area contributed by atoms with Crippen LogP contribution in [0.5, 0.6) is 0 Å². The maximum Gasteiger partial charge on any atom is 0.307 e. The molecule has 0 heterocycles. The summed E-state index contributed by atoms with van der Waals surface area (Å²) in [5, 5.41) is 8.78. The predicted molar refractivity (Wildman–Crippen MR) is 45.9 cm³/mol. The van der Waals surface area contributed by atoms with Gasteiger partial charge in [-0.15, -0.1) is 11.6 Å². The summed E-state index contributed by atoms with van der Waals surface area (Å²) in [7, 11) is 0. The lowest BCUT2D eigenvalue weighted by molar-refractivity contribution is -0.145. The summed E-state index contributed by atoms with van der Waals surface area (Å²) >= 11 is 5.65. The van der Waals surface area contributed by atoms with Gasteiger partial charge in [0.1, 0.15) is 0 Å². The minimum atomic E-state index is -0.752. The summed E-state index contributed by atoms with van der Waals surface area (Å²) in [6, 6.07) is 0. The Kier molecular flexibility index (Phi) is 3.87. The van der Waals surface area contributed by atoms with Crippen molar-refractivity contribution in [3.8, 4) is 0 Å². The molecule has 0 bridgehead atoms. The average Bonchev–Trinajstić information content (AvgIpc) is 1.88. The van der Waals surface area contributed by atoms with Gasteiger partial charge in [0.25, 0.3) is 0 Å². The van der Waals surface area contributed by atoms with E-state index >= 15 is 0 Å². The van der Waals surface area contributed by atoms with Gasteiger partial charge in [0.05, 0.1) is 5.92 Å². The molecule has 0 saturated heterocycles. The quantitative estimate of drug-likeness (QED) is 0.672. The molecule has 1 atom stereocenters. The molecule has 0 aliphatic carbocycles. The highest BCUT2D eigenvalue weighted by molar-refractivity contribution is 6.18. The molecular formula is C8H15ClO2. The standard InChI is InChI=1S/C8H15ClO2/c1-4-6(7(10)11)8(2,3)5-9/h6H,4-5H2,1-3H3,(H,10,11). The molecule has 0 aliphatic rings. The van der Waals surface area contributed by atoms with E-state index in [4.69, 9.17) is 16.7 Å². The number of aliphatic carboxylic acids is 1. The van der Waals surface area contributed by atoms with Crippen molar-refractivity contribution in [2.45, 2.75) is 27.2 Å². The molecule has 0 aromatic rings. The lowest BCUT2D eigenvalue weighted by atomic mass is 9.79. The van der Waals surface area contributed by atoms with Crippen molar-refractivity contribution >= 4 is 17.6 Å². The number of carboxylic acid groups (broad SMARTS) is 1. The van der Waals surface area contributed by atoms with Crippen molar-refractivity contribution in [3.63, 3.8) is 0 Å². The van der Waals surface area contributed by atoms with Crippen LogP contribution in [-0.4, -0.2) is 17.0 Å². The molecule has 0 aromatic heterocycles. The van der Waals surface area contributed by atoms with E-state index in [9.17, 15) is 4.79 Å². The topological polar surface area (TPSA) is 37.3 Å². The first-order valence-electron chi connectivity index (χ1n) is 3.74. The Labute approximate surface area is 72.6 Å². The molecule has 1 unspecified atom stereocenters. The molecule has 0 rings (SSSR count). The van der Waals surface area contributed by atoms with E-state index in [0.29, 0.717) is 12.3 Å². The number of rotatable bonds is 4. The number of carboxylic acids is 1. The number of halogens is 1. The highest BCUT2D eigenvalue weighted by atomic mass is 35.5. The maximum absolute atomic E-state index is 10.7. The Bertz CT molecular complexity index is 143. The Morgan fingerprint density at radius 1 is 1.64 bits per heavy atom. The maximum atomic E-state index is 10.7. The van der Waals surface area contributed by atoms with Gasteiger partial charge in [-0.2, -0.15) is 0 Å². The van der Waals surface area contributed by atoms with E-state index in [2.05, 4.69) is 0 Å². The summed E-state index contributed by atoms with van der Waals surface area (Å²) in [4.78, 5) is 10.7. The summed E-state index contributed by atoms with van der Waals surface area (Å²) < 4.78 is 0. The first-order valence-corrected chi connectivity index (χ1v) is 4.28. The zero-order valence-electron chi connectivity index (χ0n) is 7.22. The number of hydrogen-bond acceptors (Lipinski definition) is 1. The van der Waals surface area contributed by atoms with Crippen molar-refractivity contribution in [2.24, 2.45) is 11.3 Å². The van der Waals surface area contributed by atoms with E-state index in [1.165, 1.54) is 0 Å². The van der Waals surface area contributed by atoms with Crippen molar-refractivity contribution in [2.75, 3.05) is 5.88 Å². The second-order valence-corrected chi connectivity index (χ2v) is 3.69. The Morgan fingerprint density at radius 3 is 2.18 bits per heavy atom. The second kappa shape index (κ2) is 3.96. The lowest BCUT2D eigenvalue weighted by Crippen LogP contribution is -2.31. The van der Waals surface area contributed by atoms with Gasteiger partial charge in [-0.1, -0.05) is 20.8 Å². The third-order valence-electron chi connectivity index (χ3n) is 1.99. The molecule has 0 aliphatic heterocycles. The number of alkyl halides is 1. The predicted octanol–water partition coefficient (Wildman–Crippen LogP) is 2.36. The fraction of sp³-hybridized carbons (Fsp3) is 0.875. The molecule has 11 heavy (non-hydrogen) atoms. The third-order valence-corrected chi connectivity index (χ3v) is 2.68. The van der Waals surface area contributed by atoms with Crippen molar-refractivity contribution in [1.29, 1.82) is 0 Å². The van der Waals surface area contributed by atoms with Crippen LogP contribution >= 0.6 is 11.6 Å². The van der Waals surface area contributed by atoms with Crippen LogP contribution in [0.1, 0.15) is 27.2 Å². The van der Waals surface area contributed by atoms with Crippen LogP contribution in [0.15, 0.2) is 0 Å². The average molecular weight is 179 g/mol. The zero-order valence-corrected chi connectivity index (χ0v) is 7.98. The molecule has 0 amide bonds. The zero-order chi connectivity index (χ0) is 9.07. The van der Waals surface area contributed by atoms with E-state index in [1.807, 2.05) is 20.8 Å². The molecule has 66 valence electrons. The molecule has 0 aromatic carbocycles. The molecule has 0 radical (unpaired) electrons. The van der Waals surface area contributed by atoms with Crippen LogP contribution in [0.25, 0.3) is 0 Å². The monoisotopic (exact) mass is 178 g/mol. The molecule has 0 spiro atoms. The van der Waals surface area contributed by atoms with Crippen molar-refractivity contribution in [1.82, 2.24) is 0 Å². The lowest BCUT2D eigenvalue weighted by Gasteiger charge is -2.27. The van der Waals surface area contributed by atoms with Gasteiger partial charge in [0, 0.05) is 5.88 Å². The minimum absolute atomic E-state index is 0.303. The first-order chi connectivity index (χ1) is 4.95. The Balaban J connectivity index is 4.36. The van der Waals surface area contributed by atoms with Crippen molar-refractivity contribution in [3.05, 3.63) is 0 Å². The van der Waals surface area contributed by atoms with Gasteiger partial charge in [0.2, 0.25) is 0 Å². The van der Waals surface area contributed by atoms with E-state index in [-0.39, 0.29) is 11.3 Å². The normalized spacial score (nSPS) is 14.5. The molecule has 1 N–H and O–H groups in total. The van der Waals surface area contributed by atoms with Gasteiger partial charge in [-0.25, -0.2) is 0 Å². The van der Waals surface area contributed by atoms with Crippen molar-refractivity contribution < 1.29 is 9.90 Å². The van der Waals surface area contributed by atoms with E-state index < -0.39 is 5.97 Å². The molecule has 0 saturated carbocycles. The highest BCUT2D eigenvalue weighted by Gasteiger charge is 2.32. The van der Waals surface area contributed by atoms with Crippen LogP contribution in [-0.2, 0) is 4.79 Å². The SMILES string of the molecule is CCC(C(=O)O)C(C)(C)CCl. The summed E-state index contributed by atoms with van der Waals surface area (Å²) in [6.07, 6.45) is 0.634. The van der Waals surface area contributed by atoms with Gasteiger partial charge >= 0.3 is 5.97 Å². The number of hydrogen-bond donors (Lipinski definition) is 1. The third kappa shape index (κ3) is 2.70. The fourth-order valence-corrected chi connectivity index (χ4v) is 1.34. The van der Waals surface area contributed by atoms with Crippen LogP contribution in [0.4, 0.5) is 0 Å². The summed E-state index contributed by atoms with van der Waals surface area (Å²) in [5.41, 5.74) is -0.303. The van der Waals surface area contributed by atoms with Crippen LogP contribution in [0.2, 0.25) is 0 Å². The van der Waals surface area contributed by atoms with Gasteiger partial charge in [0.15, 0.2) is 0 Å². The van der Waals surface area contributed by atoms with Crippen LogP contribution in [0.3, 0.4) is 0 Å². The molecule has 2 nitrogen and oxygen atoms in total. The first kappa shape index (κ1) is 10.8. The minimum Gasteiger partial charge on any atom is -0.481 e. The molecule has 0 fully saturated rings. The van der Waals surface area contributed by atoms with E-state index in [0.717, 1.165) is 0 Å². The number of carbonyl (C=O) groups is 1. The Hall–Kier alpha value is -0.240.